The molecule has 0 amide bonds. The van der Waals surface area contributed by atoms with E-state index < -0.39 is 0 Å². The van der Waals surface area contributed by atoms with Crippen molar-refractivity contribution in [2.45, 2.75) is 10.1 Å². The number of amidine groups is 1. The van der Waals surface area contributed by atoms with Crippen LogP contribution in [-0.4, -0.2) is 25.8 Å². The van der Waals surface area contributed by atoms with Crippen molar-refractivity contribution in [3.05, 3.63) is 36.7 Å². The zero-order valence-corrected chi connectivity index (χ0v) is 8.98. The Kier molecular flexibility index (Phi) is 3.06. The molecule has 6 nitrogen and oxygen atoms in total. The first kappa shape index (κ1) is 10.5. The average molecular weight is 232 g/mol. The molecule has 16 heavy (non-hydrogen) atoms. The van der Waals surface area contributed by atoms with Gasteiger partial charge in [0.2, 0.25) is 0 Å². The van der Waals surface area contributed by atoms with Gasteiger partial charge in [0.15, 0.2) is 0 Å². The fourth-order valence-electron chi connectivity index (χ4n) is 1.02. The molecule has 80 valence electrons. The molecule has 0 aromatic carbocycles. The lowest BCUT2D eigenvalue weighted by Crippen LogP contribution is -2.15. The highest BCUT2D eigenvalue weighted by Gasteiger charge is 2.09. The Hall–Kier alpha value is -2.02. The number of hydrogen-bond acceptors (Lipinski definition) is 6. The zero-order chi connectivity index (χ0) is 11.4. The summed E-state index contributed by atoms with van der Waals surface area (Å²) in [6.07, 6.45) is 7.84. The number of nitrogens with zero attached hydrogens (tertiary/aromatic N) is 4. The third-order valence-corrected chi connectivity index (χ3v) is 2.57. The summed E-state index contributed by atoms with van der Waals surface area (Å²) in [5, 5.41) is 8.60. The number of nitrogens with one attached hydrogen (secondary N) is 1. The fourth-order valence-corrected chi connectivity index (χ4v) is 1.82. The molecule has 0 unspecified atom stereocenters. The Morgan fingerprint density at radius 3 is 2.56 bits per heavy atom. The third-order valence-electron chi connectivity index (χ3n) is 1.66. The molecular formula is C9H8N6S. The normalized spacial score (nSPS) is 10.0. The molecule has 0 aliphatic heterocycles. The van der Waals surface area contributed by atoms with E-state index in [1.54, 1.807) is 24.8 Å². The first-order chi connectivity index (χ1) is 7.77. The molecule has 2 heterocycles. The third kappa shape index (κ3) is 2.31. The summed E-state index contributed by atoms with van der Waals surface area (Å²) in [6, 6.07) is 0. The molecule has 0 aliphatic carbocycles. The number of aromatic nitrogens is 4. The van der Waals surface area contributed by atoms with Crippen molar-refractivity contribution in [3.63, 3.8) is 0 Å². The molecule has 0 saturated heterocycles. The number of nitrogen functional groups attached to an aromatic ring is 1. The minimum Gasteiger partial charge on any atom is -0.382 e. The van der Waals surface area contributed by atoms with Crippen LogP contribution in [-0.2, 0) is 0 Å². The Labute approximate surface area is 95.9 Å². The second-order valence-electron chi connectivity index (χ2n) is 2.77. The number of nitrogens with two attached hydrogens (primary N) is 1. The van der Waals surface area contributed by atoms with Gasteiger partial charge in [-0.2, -0.15) is 0 Å². The van der Waals surface area contributed by atoms with Crippen LogP contribution in [0.25, 0.3) is 0 Å². The van der Waals surface area contributed by atoms with Gasteiger partial charge in [-0.25, -0.2) is 15.0 Å². The highest BCUT2D eigenvalue weighted by atomic mass is 32.2. The van der Waals surface area contributed by atoms with Crippen molar-refractivity contribution in [2.24, 2.45) is 5.73 Å². The highest BCUT2D eigenvalue weighted by molar-refractivity contribution is 7.99. The SMILES string of the molecule is N=C(N)c1nccnc1Sc1cnccn1. The lowest BCUT2D eigenvalue weighted by molar-refractivity contribution is 1.01. The van der Waals surface area contributed by atoms with E-state index in [0.29, 0.717) is 15.7 Å². The van der Waals surface area contributed by atoms with E-state index in [4.69, 9.17) is 11.1 Å². The monoisotopic (exact) mass is 232 g/mol. The largest absolute Gasteiger partial charge is 0.382 e. The molecule has 0 spiro atoms. The molecule has 3 N–H and O–H groups in total. The smallest absolute Gasteiger partial charge is 0.144 e. The van der Waals surface area contributed by atoms with Gasteiger partial charge in [-0.15, -0.1) is 0 Å². The average Bonchev–Trinajstić information content (AvgIpc) is 2.31. The van der Waals surface area contributed by atoms with Crippen LogP contribution in [0.15, 0.2) is 41.0 Å². The van der Waals surface area contributed by atoms with Crippen LogP contribution in [0, 0.1) is 5.41 Å². The maximum Gasteiger partial charge on any atom is 0.144 e. The molecule has 0 saturated carbocycles. The summed E-state index contributed by atoms with van der Waals surface area (Å²) < 4.78 is 0. The van der Waals surface area contributed by atoms with Crippen molar-refractivity contribution in [1.29, 1.82) is 5.41 Å². The van der Waals surface area contributed by atoms with Crippen LogP contribution < -0.4 is 5.73 Å². The quantitative estimate of drug-likeness (QED) is 0.596. The summed E-state index contributed by atoms with van der Waals surface area (Å²) in [7, 11) is 0. The Morgan fingerprint density at radius 1 is 1.12 bits per heavy atom. The van der Waals surface area contributed by atoms with Gasteiger partial charge in [-0.3, -0.25) is 10.4 Å². The molecule has 2 aromatic rings. The summed E-state index contributed by atoms with van der Waals surface area (Å²) >= 11 is 1.27. The minimum absolute atomic E-state index is 0.112. The molecule has 0 fully saturated rings. The van der Waals surface area contributed by atoms with Gasteiger partial charge in [-0.1, -0.05) is 0 Å². The lowest BCUT2D eigenvalue weighted by atomic mass is 10.4. The van der Waals surface area contributed by atoms with Crippen LogP contribution >= 0.6 is 11.8 Å². The van der Waals surface area contributed by atoms with Crippen LogP contribution in [0.2, 0.25) is 0 Å². The summed E-state index contributed by atoms with van der Waals surface area (Å²) in [4.78, 5) is 16.1. The first-order valence-electron chi connectivity index (χ1n) is 4.36. The standard InChI is InChI=1S/C9H8N6S/c10-8(11)7-9(15-4-3-14-7)16-6-5-12-1-2-13-6/h1-5H,(H3,10,11). The van der Waals surface area contributed by atoms with Gasteiger partial charge in [0.1, 0.15) is 21.6 Å². The van der Waals surface area contributed by atoms with Crippen molar-refractivity contribution >= 4 is 17.6 Å². The molecular weight excluding hydrogens is 224 g/mol. The van der Waals surface area contributed by atoms with Crippen LogP contribution in [0.3, 0.4) is 0 Å². The van der Waals surface area contributed by atoms with Crippen molar-refractivity contribution in [3.8, 4) is 0 Å². The van der Waals surface area contributed by atoms with Crippen LogP contribution in [0.1, 0.15) is 5.69 Å². The number of hydrogen-bond donors (Lipinski definition) is 2. The molecule has 0 bridgehead atoms. The van der Waals surface area contributed by atoms with Gasteiger partial charge < -0.3 is 5.73 Å². The second kappa shape index (κ2) is 4.67. The van der Waals surface area contributed by atoms with E-state index in [1.807, 2.05) is 0 Å². The topological polar surface area (TPSA) is 101 Å². The number of rotatable bonds is 3. The maximum absolute atomic E-state index is 7.37. The van der Waals surface area contributed by atoms with Gasteiger partial charge in [0.25, 0.3) is 0 Å². The zero-order valence-electron chi connectivity index (χ0n) is 8.16. The Bertz CT molecular complexity index is 500. The van der Waals surface area contributed by atoms with Gasteiger partial charge in [0, 0.05) is 24.8 Å². The van der Waals surface area contributed by atoms with Crippen molar-refractivity contribution in [2.75, 3.05) is 0 Å². The van der Waals surface area contributed by atoms with E-state index in [1.165, 1.54) is 18.0 Å². The summed E-state index contributed by atoms with van der Waals surface area (Å²) in [6.45, 7) is 0. The van der Waals surface area contributed by atoms with Crippen LogP contribution in [0.5, 0.6) is 0 Å². The van der Waals surface area contributed by atoms with Gasteiger partial charge in [-0.05, 0) is 11.8 Å². The molecule has 2 aromatic heterocycles. The van der Waals surface area contributed by atoms with E-state index in [2.05, 4.69) is 19.9 Å². The molecule has 0 radical (unpaired) electrons. The van der Waals surface area contributed by atoms with E-state index in [-0.39, 0.29) is 5.84 Å². The Balaban J connectivity index is 2.31. The van der Waals surface area contributed by atoms with Crippen molar-refractivity contribution < 1.29 is 0 Å². The molecule has 0 atom stereocenters. The molecule has 0 aliphatic rings. The fraction of sp³-hybridized carbons (Fsp3) is 0. The first-order valence-corrected chi connectivity index (χ1v) is 5.18. The minimum atomic E-state index is -0.112. The van der Waals surface area contributed by atoms with Gasteiger partial charge >= 0.3 is 0 Å². The van der Waals surface area contributed by atoms with Crippen LogP contribution in [0.4, 0.5) is 0 Å². The van der Waals surface area contributed by atoms with E-state index in [9.17, 15) is 0 Å². The predicted octanol–water partition coefficient (Wildman–Crippen LogP) is 0.702. The highest BCUT2D eigenvalue weighted by Crippen LogP contribution is 2.24. The second-order valence-corrected chi connectivity index (χ2v) is 3.78. The molecule has 2 rings (SSSR count). The summed E-state index contributed by atoms with van der Waals surface area (Å²) in [5.41, 5.74) is 5.76. The molecule has 7 heteroatoms. The van der Waals surface area contributed by atoms with E-state index in [0.717, 1.165) is 0 Å². The predicted molar refractivity (Wildman–Crippen MR) is 59.2 cm³/mol. The van der Waals surface area contributed by atoms with Gasteiger partial charge in [0.05, 0.1) is 6.20 Å². The van der Waals surface area contributed by atoms with E-state index >= 15 is 0 Å². The maximum atomic E-state index is 7.37. The Morgan fingerprint density at radius 2 is 1.88 bits per heavy atom. The lowest BCUT2D eigenvalue weighted by Gasteiger charge is -2.03. The van der Waals surface area contributed by atoms with Crippen molar-refractivity contribution in [1.82, 2.24) is 19.9 Å². The summed E-state index contributed by atoms with van der Waals surface area (Å²) in [5.74, 6) is -0.112.